The molecule has 0 aliphatic heterocycles. The number of hydrazone groups is 1. The van der Waals surface area contributed by atoms with Crippen LogP contribution in [0.25, 0.3) is 0 Å². The van der Waals surface area contributed by atoms with Crippen molar-refractivity contribution in [3.8, 4) is 5.75 Å². The predicted octanol–water partition coefficient (Wildman–Crippen LogP) is 3.05. The number of anilines is 1. The molecule has 0 bridgehead atoms. The quantitative estimate of drug-likeness (QED) is 0.427. The maximum absolute atomic E-state index is 12.5. The van der Waals surface area contributed by atoms with Crippen molar-refractivity contribution in [3.63, 3.8) is 0 Å². The van der Waals surface area contributed by atoms with Gasteiger partial charge in [-0.25, -0.2) is 13.8 Å². The summed E-state index contributed by atoms with van der Waals surface area (Å²) in [6.45, 7) is 2.35. The van der Waals surface area contributed by atoms with Gasteiger partial charge in [-0.05, 0) is 61.5 Å². The number of rotatable bonds is 8. The lowest BCUT2D eigenvalue weighted by Crippen LogP contribution is -2.18. The minimum Gasteiger partial charge on any atom is -0.494 e. The van der Waals surface area contributed by atoms with E-state index in [9.17, 15) is 13.2 Å². The van der Waals surface area contributed by atoms with Gasteiger partial charge in [0.05, 0.1) is 17.7 Å². The van der Waals surface area contributed by atoms with Gasteiger partial charge in [0.15, 0.2) is 0 Å². The second kappa shape index (κ2) is 9.66. The lowest BCUT2D eigenvalue weighted by Gasteiger charge is -2.09. The summed E-state index contributed by atoms with van der Waals surface area (Å²) in [4.78, 5) is 16.2. The summed E-state index contributed by atoms with van der Waals surface area (Å²) in [5.41, 5.74) is 3.82. The molecule has 1 heterocycles. The van der Waals surface area contributed by atoms with E-state index in [1.807, 2.05) is 6.92 Å². The lowest BCUT2D eigenvalue weighted by molar-refractivity contribution is 0.0955. The first-order chi connectivity index (χ1) is 14.5. The van der Waals surface area contributed by atoms with Gasteiger partial charge in [0.1, 0.15) is 5.75 Å². The number of nitrogens with one attached hydrogen (secondary N) is 2. The Morgan fingerprint density at radius 1 is 1.10 bits per heavy atom. The molecule has 0 radical (unpaired) electrons. The van der Waals surface area contributed by atoms with E-state index in [2.05, 4.69) is 20.2 Å². The molecule has 0 aliphatic rings. The molecular formula is C21H20N4O4S. The molecule has 2 aromatic carbocycles. The van der Waals surface area contributed by atoms with Crippen LogP contribution < -0.4 is 14.9 Å². The van der Waals surface area contributed by atoms with E-state index in [4.69, 9.17) is 4.74 Å². The number of ether oxygens (including phenoxy) is 1. The summed E-state index contributed by atoms with van der Waals surface area (Å²) >= 11 is 0. The normalized spacial score (nSPS) is 11.2. The molecule has 9 heteroatoms. The van der Waals surface area contributed by atoms with Gasteiger partial charge in [-0.15, -0.1) is 0 Å². The number of sulfonamides is 1. The highest BCUT2D eigenvalue weighted by Crippen LogP contribution is 2.19. The van der Waals surface area contributed by atoms with Crippen LogP contribution in [0, 0.1) is 0 Å². The van der Waals surface area contributed by atoms with E-state index >= 15 is 0 Å². The van der Waals surface area contributed by atoms with Crippen molar-refractivity contribution in [3.05, 3.63) is 84.2 Å². The molecule has 30 heavy (non-hydrogen) atoms. The maximum Gasteiger partial charge on any atom is 0.271 e. The molecule has 1 amide bonds. The second-order valence-corrected chi connectivity index (χ2v) is 7.76. The maximum atomic E-state index is 12.5. The average Bonchev–Trinajstić information content (AvgIpc) is 2.75. The third kappa shape index (κ3) is 5.65. The minimum atomic E-state index is -3.76. The van der Waals surface area contributed by atoms with Crippen LogP contribution in [0.5, 0.6) is 5.75 Å². The van der Waals surface area contributed by atoms with Crippen molar-refractivity contribution in [1.82, 2.24) is 10.4 Å². The number of amides is 1. The van der Waals surface area contributed by atoms with Gasteiger partial charge in [0, 0.05) is 29.2 Å². The highest BCUT2D eigenvalue weighted by Gasteiger charge is 2.14. The van der Waals surface area contributed by atoms with Crippen molar-refractivity contribution >= 4 is 27.8 Å². The zero-order chi connectivity index (χ0) is 21.4. The number of aromatic nitrogens is 1. The van der Waals surface area contributed by atoms with Crippen LogP contribution in [0.2, 0.25) is 0 Å². The highest BCUT2D eigenvalue weighted by atomic mass is 32.2. The Hall–Kier alpha value is -3.72. The molecule has 3 aromatic rings. The monoisotopic (exact) mass is 424 g/mol. The third-order valence-electron chi connectivity index (χ3n) is 3.91. The number of carbonyl (C=O) groups excluding carboxylic acids is 1. The molecule has 0 saturated carbocycles. The Bertz CT molecular complexity index is 1110. The predicted molar refractivity (Wildman–Crippen MR) is 114 cm³/mol. The molecule has 154 valence electrons. The fourth-order valence-electron chi connectivity index (χ4n) is 2.47. The van der Waals surface area contributed by atoms with E-state index < -0.39 is 15.9 Å². The molecule has 0 saturated heterocycles. The first-order valence-corrected chi connectivity index (χ1v) is 10.6. The van der Waals surface area contributed by atoms with Crippen molar-refractivity contribution in [2.24, 2.45) is 5.10 Å². The second-order valence-electron chi connectivity index (χ2n) is 6.07. The van der Waals surface area contributed by atoms with Crippen LogP contribution in [-0.4, -0.2) is 32.1 Å². The lowest BCUT2D eigenvalue weighted by atomic mass is 10.2. The van der Waals surface area contributed by atoms with Gasteiger partial charge in [-0.3, -0.25) is 14.5 Å². The molecule has 2 N–H and O–H groups in total. The van der Waals surface area contributed by atoms with Gasteiger partial charge < -0.3 is 4.74 Å². The molecule has 0 unspecified atom stereocenters. The number of hydrogen-bond donors (Lipinski definition) is 2. The number of benzene rings is 2. The highest BCUT2D eigenvalue weighted by molar-refractivity contribution is 7.92. The van der Waals surface area contributed by atoms with Crippen molar-refractivity contribution in [2.75, 3.05) is 11.3 Å². The standard InChI is InChI=1S/C21H20N4O4S/c1-2-29-19-9-11-20(12-10-19)30(27,28)25-18-7-5-17(6-8-18)21(26)24-23-15-16-4-3-13-22-14-16/h3-15,25H,2H2,1H3,(H,24,26)/b23-15+. The van der Waals surface area contributed by atoms with Gasteiger partial charge in [-0.2, -0.15) is 5.10 Å². The van der Waals surface area contributed by atoms with Crippen LogP contribution in [0.4, 0.5) is 5.69 Å². The smallest absolute Gasteiger partial charge is 0.271 e. The van der Waals surface area contributed by atoms with E-state index in [0.717, 1.165) is 5.56 Å². The Labute approximate surface area is 174 Å². The van der Waals surface area contributed by atoms with Crippen molar-refractivity contribution < 1.29 is 17.9 Å². The summed E-state index contributed by atoms with van der Waals surface area (Å²) in [7, 11) is -3.76. The number of hydrogen-bond acceptors (Lipinski definition) is 6. The van der Waals surface area contributed by atoms with E-state index in [1.165, 1.54) is 42.6 Å². The topological polar surface area (TPSA) is 110 Å². The average molecular weight is 424 g/mol. The first kappa shape index (κ1) is 21.0. The zero-order valence-corrected chi connectivity index (χ0v) is 17.0. The summed E-state index contributed by atoms with van der Waals surface area (Å²) in [6, 6.07) is 15.7. The van der Waals surface area contributed by atoms with Crippen LogP contribution >= 0.6 is 0 Å². The summed E-state index contributed by atoms with van der Waals surface area (Å²) < 4.78 is 32.8. The Morgan fingerprint density at radius 3 is 2.47 bits per heavy atom. The summed E-state index contributed by atoms with van der Waals surface area (Å²) in [5.74, 6) is 0.175. The van der Waals surface area contributed by atoms with Crippen molar-refractivity contribution in [2.45, 2.75) is 11.8 Å². The van der Waals surface area contributed by atoms with Crippen LogP contribution in [-0.2, 0) is 10.0 Å². The molecule has 0 fully saturated rings. The number of carbonyl (C=O) groups is 1. The van der Waals surface area contributed by atoms with Crippen LogP contribution in [0.3, 0.4) is 0 Å². The van der Waals surface area contributed by atoms with E-state index in [-0.39, 0.29) is 4.90 Å². The largest absolute Gasteiger partial charge is 0.494 e. The fourth-order valence-corrected chi connectivity index (χ4v) is 3.53. The molecule has 0 aliphatic carbocycles. The molecule has 1 aromatic heterocycles. The third-order valence-corrected chi connectivity index (χ3v) is 5.31. The Kier molecular flexibility index (Phi) is 6.76. The molecular weight excluding hydrogens is 404 g/mol. The number of nitrogens with zero attached hydrogens (tertiary/aromatic N) is 2. The first-order valence-electron chi connectivity index (χ1n) is 9.07. The molecule has 0 atom stereocenters. The zero-order valence-electron chi connectivity index (χ0n) is 16.1. The Balaban J connectivity index is 1.62. The van der Waals surface area contributed by atoms with E-state index in [1.54, 1.807) is 36.7 Å². The van der Waals surface area contributed by atoms with Gasteiger partial charge in [0.25, 0.3) is 15.9 Å². The molecule has 8 nitrogen and oxygen atoms in total. The fraction of sp³-hybridized carbons (Fsp3) is 0.0952. The van der Waals surface area contributed by atoms with Crippen LogP contribution in [0.1, 0.15) is 22.8 Å². The van der Waals surface area contributed by atoms with Crippen LogP contribution in [0.15, 0.2) is 83.1 Å². The Morgan fingerprint density at radius 2 is 1.83 bits per heavy atom. The molecule has 3 rings (SSSR count). The van der Waals surface area contributed by atoms with Gasteiger partial charge in [0.2, 0.25) is 0 Å². The van der Waals surface area contributed by atoms with Gasteiger partial charge >= 0.3 is 0 Å². The van der Waals surface area contributed by atoms with Gasteiger partial charge in [-0.1, -0.05) is 6.07 Å². The minimum absolute atomic E-state index is 0.109. The SMILES string of the molecule is CCOc1ccc(S(=O)(=O)Nc2ccc(C(=O)N/N=C/c3cccnc3)cc2)cc1. The summed E-state index contributed by atoms with van der Waals surface area (Å²) in [5, 5.41) is 3.87. The summed E-state index contributed by atoms with van der Waals surface area (Å²) in [6.07, 6.45) is 4.73. The van der Waals surface area contributed by atoms with Crippen molar-refractivity contribution in [1.29, 1.82) is 0 Å². The number of pyridine rings is 1. The molecule has 0 spiro atoms. The van der Waals surface area contributed by atoms with E-state index in [0.29, 0.717) is 23.6 Å².